The SMILES string of the molecule is O=C(C1OCCO1)N1CCOC(c2ncon2)C1. The molecule has 0 aliphatic carbocycles. The van der Waals surface area contributed by atoms with Gasteiger partial charge in [-0.15, -0.1) is 0 Å². The Labute approximate surface area is 103 Å². The van der Waals surface area contributed by atoms with Gasteiger partial charge in [-0.3, -0.25) is 4.79 Å². The topological polar surface area (TPSA) is 86.9 Å². The predicted octanol–water partition coefficient (Wildman–Crippen LogP) is -0.658. The van der Waals surface area contributed by atoms with E-state index in [2.05, 4.69) is 14.7 Å². The van der Waals surface area contributed by atoms with Crippen LogP contribution in [0.3, 0.4) is 0 Å². The average molecular weight is 255 g/mol. The molecule has 0 N–H and O–H groups in total. The Bertz CT molecular complexity index is 404. The minimum absolute atomic E-state index is 0.177. The van der Waals surface area contributed by atoms with Crippen LogP contribution in [0.1, 0.15) is 11.9 Å². The van der Waals surface area contributed by atoms with E-state index in [9.17, 15) is 4.79 Å². The van der Waals surface area contributed by atoms with Gasteiger partial charge in [-0.25, -0.2) is 0 Å². The molecular formula is C10H13N3O5. The number of morpholine rings is 1. The number of nitrogens with zero attached hydrogens (tertiary/aromatic N) is 3. The van der Waals surface area contributed by atoms with Crippen LogP contribution in [0.2, 0.25) is 0 Å². The van der Waals surface area contributed by atoms with Gasteiger partial charge in [-0.2, -0.15) is 4.98 Å². The third-order valence-electron chi connectivity index (χ3n) is 2.87. The van der Waals surface area contributed by atoms with Crippen molar-refractivity contribution in [1.82, 2.24) is 15.0 Å². The number of ether oxygens (including phenoxy) is 3. The third-order valence-corrected chi connectivity index (χ3v) is 2.87. The first-order chi connectivity index (χ1) is 8.84. The van der Waals surface area contributed by atoms with Crippen LogP contribution in [-0.4, -0.2) is 60.1 Å². The molecule has 1 aromatic heterocycles. The Balaban J connectivity index is 1.64. The first-order valence-corrected chi connectivity index (χ1v) is 5.74. The predicted molar refractivity (Wildman–Crippen MR) is 55.3 cm³/mol. The first-order valence-electron chi connectivity index (χ1n) is 5.74. The van der Waals surface area contributed by atoms with Crippen LogP contribution < -0.4 is 0 Å². The van der Waals surface area contributed by atoms with E-state index in [0.717, 1.165) is 0 Å². The number of carbonyl (C=O) groups is 1. The van der Waals surface area contributed by atoms with E-state index < -0.39 is 6.29 Å². The van der Waals surface area contributed by atoms with Crippen LogP contribution in [0.4, 0.5) is 0 Å². The molecule has 0 bridgehead atoms. The maximum absolute atomic E-state index is 12.1. The summed E-state index contributed by atoms with van der Waals surface area (Å²) in [4.78, 5) is 17.6. The van der Waals surface area contributed by atoms with Gasteiger partial charge in [0.1, 0.15) is 6.10 Å². The fourth-order valence-corrected chi connectivity index (χ4v) is 1.98. The van der Waals surface area contributed by atoms with Crippen LogP contribution in [0.5, 0.6) is 0 Å². The molecule has 3 heterocycles. The highest BCUT2D eigenvalue weighted by Gasteiger charge is 2.34. The van der Waals surface area contributed by atoms with Gasteiger partial charge in [-0.1, -0.05) is 5.16 Å². The van der Waals surface area contributed by atoms with Gasteiger partial charge in [0.15, 0.2) is 0 Å². The highest BCUT2D eigenvalue weighted by Crippen LogP contribution is 2.20. The van der Waals surface area contributed by atoms with E-state index in [0.29, 0.717) is 38.7 Å². The van der Waals surface area contributed by atoms with Crippen LogP contribution in [-0.2, 0) is 19.0 Å². The molecule has 18 heavy (non-hydrogen) atoms. The van der Waals surface area contributed by atoms with Gasteiger partial charge in [0.2, 0.25) is 18.5 Å². The summed E-state index contributed by atoms with van der Waals surface area (Å²) in [5.41, 5.74) is 0. The maximum Gasteiger partial charge on any atom is 0.279 e. The van der Waals surface area contributed by atoms with Crippen molar-refractivity contribution in [1.29, 1.82) is 0 Å². The van der Waals surface area contributed by atoms with Crippen LogP contribution >= 0.6 is 0 Å². The first kappa shape index (κ1) is 11.6. The summed E-state index contributed by atoms with van der Waals surface area (Å²) in [6.45, 7) is 2.22. The van der Waals surface area contributed by atoms with Gasteiger partial charge in [-0.05, 0) is 0 Å². The number of amides is 1. The lowest BCUT2D eigenvalue weighted by Crippen LogP contribution is -2.47. The Morgan fingerprint density at radius 3 is 2.83 bits per heavy atom. The maximum atomic E-state index is 12.1. The molecule has 0 aromatic carbocycles. The molecular weight excluding hydrogens is 242 g/mol. The standard InChI is InChI=1S/C10H13N3O5/c14-9(10-16-3-4-17-10)13-1-2-15-7(5-13)8-11-6-18-12-8/h6-7,10H,1-5H2. The largest absolute Gasteiger partial charge is 0.366 e. The molecule has 2 saturated heterocycles. The Kier molecular flexibility index (Phi) is 3.22. The van der Waals surface area contributed by atoms with E-state index in [1.807, 2.05) is 0 Å². The molecule has 8 nitrogen and oxygen atoms in total. The molecule has 1 unspecified atom stereocenters. The highest BCUT2D eigenvalue weighted by atomic mass is 16.7. The second kappa shape index (κ2) is 5.01. The summed E-state index contributed by atoms with van der Waals surface area (Å²) >= 11 is 0. The molecule has 1 atom stereocenters. The molecule has 8 heteroatoms. The van der Waals surface area contributed by atoms with Gasteiger partial charge in [0.05, 0.1) is 26.4 Å². The number of hydrogen-bond acceptors (Lipinski definition) is 7. The Hall–Kier alpha value is -1.51. The molecule has 2 aliphatic heterocycles. The zero-order valence-electron chi connectivity index (χ0n) is 9.65. The summed E-state index contributed by atoms with van der Waals surface area (Å²) in [6.07, 6.45) is 0.0970. The summed E-state index contributed by atoms with van der Waals surface area (Å²) in [5.74, 6) is 0.269. The molecule has 1 amide bonds. The van der Waals surface area contributed by atoms with Crippen LogP contribution in [0, 0.1) is 0 Å². The molecule has 2 aliphatic rings. The Morgan fingerprint density at radius 2 is 2.11 bits per heavy atom. The zero-order valence-corrected chi connectivity index (χ0v) is 9.65. The number of aromatic nitrogens is 2. The van der Waals surface area contributed by atoms with Crippen molar-refractivity contribution in [2.24, 2.45) is 0 Å². The molecule has 3 rings (SSSR count). The van der Waals surface area contributed by atoms with E-state index in [1.165, 1.54) is 6.39 Å². The molecule has 0 spiro atoms. The average Bonchev–Trinajstić information content (AvgIpc) is 3.11. The summed E-state index contributed by atoms with van der Waals surface area (Å²) in [5, 5.41) is 3.72. The van der Waals surface area contributed by atoms with Crippen molar-refractivity contribution >= 4 is 5.91 Å². The van der Waals surface area contributed by atoms with Gasteiger partial charge in [0.25, 0.3) is 5.91 Å². The molecule has 0 saturated carbocycles. The molecule has 98 valence electrons. The monoisotopic (exact) mass is 255 g/mol. The summed E-state index contributed by atoms with van der Waals surface area (Å²) in [6, 6.07) is 0. The second-order valence-corrected chi connectivity index (χ2v) is 4.01. The van der Waals surface area contributed by atoms with Gasteiger partial charge in [0, 0.05) is 6.54 Å². The van der Waals surface area contributed by atoms with E-state index >= 15 is 0 Å². The van der Waals surface area contributed by atoms with Gasteiger partial charge >= 0.3 is 0 Å². The zero-order chi connectivity index (χ0) is 12.4. The fourth-order valence-electron chi connectivity index (χ4n) is 1.98. The lowest BCUT2D eigenvalue weighted by Gasteiger charge is -2.32. The molecule has 0 radical (unpaired) electrons. The second-order valence-electron chi connectivity index (χ2n) is 4.01. The van der Waals surface area contributed by atoms with E-state index in [4.69, 9.17) is 14.2 Å². The van der Waals surface area contributed by atoms with Crippen molar-refractivity contribution in [2.75, 3.05) is 32.9 Å². The lowest BCUT2D eigenvalue weighted by molar-refractivity contribution is -0.165. The number of hydrogen-bond donors (Lipinski definition) is 0. The van der Waals surface area contributed by atoms with Crippen LogP contribution in [0.25, 0.3) is 0 Å². The smallest absolute Gasteiger partial charge is 0.279 e. The minimum atomic E-state index is -0.783. The number of carbonyl (C=O) groups excluding carboxylic acids is 1. The highest BCUT2D eigenvalue weighted by molar-refractivity contribution is 5.80. The molecule has 1 aromatic rings. The third kappa shape index (κ3) is 2.22. The van der Waals surface area contributed by atoms with Crippen molar-refractivity contribution < 1.29 is 23.5 Å². The minimum Gasteiger partial charge on any atom is -0.366 e. The van der Waals surface area contributed by atoms with E-state index in [1.54, 1.807) is 4.90 Å². The summed E-state index contributed by atoms with van der Waals surface area (Å²) in [7, 11) is 0. The fraction of sp³-hybridized carbons (Fsp3) is 0.700. The van der Waals surface area contributed by atoms with Gasteiger partial charge < -0.3 is 23.6 Å². The summed E-state index contributed by atoms with van der Waals surface area (Å²) < 4.78 is 20.6. The quantitative estimate of drug-likeness (QED) is 0.693. The number of rotatable bonds is 2. The van der Waals surface area contributed by atoms with Crippen molar-refractivity contribution in [2.45, 2.75) is 12.4 Å². The normalized spacial score (nSPS) is 25.6. The van der Waals surface area contributed by atoms with Crippen LogP contribution in [0.15, 0.2) is 10.9 Å². The lowest BCUT2D eigenvalue weighted by atomic mass is 10.2. The van der Waals surface area contributed by atoms with Crippen molar-refractivity contribution in [3.8, 4) is 0 Å². The van der Waals surface area contributed by atoms with Crippen molar-refractivity contribution in [3.63, 3.8) is 0 Å². The molecule has 2 fully saturated rings. The van der Waals surface area contributed by atoms with E-state index in [-0.39, 0.29) is 12.0 Å². The Morgan fingerprint density at radius 1 is 1.28 bits per heavy atom. The van der Waals surface area contributed by atoms with Crippen molar-refractivity contribution in [3.05, 3.63) is 12.2 Å².